The SMILES string of the molecule is N#Cc1c(N)n(CC(N)=O)c2ccc(Cc3ccccc3)cc12. The molecule has 1 amide bonds. The number of fused-ring (bicyclic) bond motifs is 1. The van der Waals surface area contributed by atoms with Crippen molar-refractivity contribution in [3.05, 3.63) is 65.2 Å². The van der Waals surface area contributed by atoms with Crippen molar-refractivity contribution in [3.63, 3.8) is 0 Å². The summed E-state index contributed by atoms with van der Waals surface area (Å²) in [5.41, 5.74) is 14.7. The molecule has 0 atom stereocenters. The fourth-order valence-electron chi connectivity index (χ4n) is 2.81. The summed E-state index contributed by atoms with van der Waals surface area (Å²) >= 11 is 0. The molecule has 114 valence electrons. The van der Waals surface area contributed by atoms with Crippen LogP contribution in [-0.4, -0.2) is 10.5 Å². The largest absolute Gasteiger partial charge is 0.384 e. The van der Waals surface area contributed by atoms with Crippen LogP contribution < -0.4 is 11.5 Å². The van der Waals surface area contributed by atoms with Crippen LogP contribution >= 0.6 is 0 Å². The molecule has 0 saturated carbocycles. The van der Waals surface area contributed by atoms with Crippen molar-refractivity contribution in [3.8, 4) is 6.07 Å². The van der Waals surface area contributed by atoms with E-state index in [4.69, 9.17) is 11.5 Å². The maximum Gasteiger partial charge on any atom is 0.237 e. The quantitative estimate of drug-likeness (QED) is 0.772. The lowest BCUT2D eigenvalue weighted by Gasteiger charge is -2.06. The number of rotatable bonds is 4. The molecule has 2 aromatic carbocycles. The Balaban J connectivity index is 2.09. The van der Waals surface area contributed by atoms with Crippen LogP contribution in [-0.2, 0) is 17.8 Å². The smallest absolute Gasteiger partial charge is 0.237 e. The van der Waals surface area contributed by atoms with Gasteiger partial charge in [-0.15, -0.1) is 0 Å². The number of aromatic nitrogens is 1. The minimum absolute atomic E-state index is 0.0396. The Kier molecular flexibility index (Phi) is 3.73. The number of nitrogens with two attached hydrogens (primary N) is 2. The van der Waals surface area contributed by atoms with E-state index >= 15 is 0 Å². The normalized spacial score (nSPS) is 10.6. The van der Waals surface area contributed by atoms with E-state index in [1.807, 2.05) is 36.4 Å². The number of carbonyl (C=O) groups excluding carboxylic acids is 1. The summed E-state index contributed by atoms with van der Waals surface area (Å²) in [6, 6.07) is 18.0. The number of hydrogen-bond acceptors (Lipinski definition) is 3. The molecule has 0 fully saturated rings. The average Bonchev–Trinajstić information content (AvgIpc) is 2.79. The van der Waals surface area contributed by atoms with E-state index in [0.29, 0.717) is 5.56 Å². The first-order valence-electron chi connectivity index (χ1n) is 7.23. The molecule has 0 spiro atoms. The number of carbonyl (C=O) groups is 1. The van der Waals surface area contributed by atoms with Crippen molar-refractivity contribution < 1.29 is 4.79 Å². The van der Waals surface area contributed by atoms with Crippen LogP contribution in [0.3, 0.4) is 0 Å². The zero-order chi connectivity index (χ0) is 16.4. The molecule has 1 heterocycles. The molecule has 0 aliphatic carbocycles. The van der Waals surface area contributed by atoms with Crippen LogP contribution in [0.4, 0.5) is 5.82 Å². The van der Waals surface area contributed by atoms with Gasteiger partial charge in [0.1, 0.15) is 24.0 Å². The van der Waals surface area contributed by atoms with E-state index in [1.54, 1.807) is 4.57 Å². The maximum atomic E-state index is 11.2. The predicted molar refractivity (Wildman–Crippen MR) is 89.5 cm³/mol. The van der Waals surface area contributed by atoms with Crippen molar-refractivity contribution in [1.29, 1.82) is 5.26 Å². The first-order valence-corrected chi connectivity index (χ1v) is 7.23. The number of nitrogens with zero attached hydrogens (tertiary/aromatic N) is 2. The lowest BCUT2D eigenvalue weighted by molar-refractivity contribution is -0.118. The molecular formula is C18H16N4O. The van der Waals surface area contributed by atoms with Gasteiger partial charge in [0.15, 0.2) is 0 Å². The van der Waals surface area contributed by atoms with Gasteiger partial charge >= 0.3 is 0 Å². The van der Waals surface area contributed by atoms with Crippen LogP contribution in [0.15, 0.2) is 48.5 Å². The van der Waals surface area contributed by atoms with Crippen molar-refractivity contribution in [2.45, 2.75) is 13.0 Å². The molecule has 3 aromatic rings. The minimum atomic E-state index is -0.494. The minimum Gasteiger partial charge on any atom is -0.384 e. The van der Waals surface area contributed by atoms with Gasteiger partial charge in [-0.05, 0) is 29.7 Å². The Labute approximate surface area is 133 Å². The Morgan fingerprint density at radius 1 is 1.13 bits per heavy atom. The van der Waals surface area contributed by atoms with Crippen molar-refractivity contribution in [2.24, 2.45) is 5.73 Å². The van der Waals surface area contributed by atoms with Gasteiger partial charge in [-0.1, -0.05) is 36.4 Å². The summed E-state index contributed by atoms with van der Waals surface area (Å²) in [6.07, 6.45) is 0.766. The van der Waals surface area contributed by atoms with Gasteiger partial charge in [0, 0.05) is 5.39 Å². The topological polar surface area (TPSA) is 97.8 Å². The second-order valence-corrected chi connectivity index (χ2v) is 5.44. The van der Waals surface area contributed by atoms with E-state index in [1.165, 1.54) is 5.56 Å². The summed E-state index contributed by atoms with van der Waals surface area (Å²) in [4.78, 5) is 11.2. The van der Waals surface area contributed by atoms with Gasteiger partial charge in [0.05, 0.1) is 5.52 Å². The molecule has 5 heteroatoms. The summed E-state index contributed by atoms with van der Waals surface area (Å²) in [6.45, 7) is -0.0396. The van der Waals surface area contributed by atoms with Gasteiger partial charge in [-0.25, -0.2) is 0 Å². The van der Waals surface area contributed by atoms with Crippen LogP contribution in [0.5, 0.6) is 0 Å². The highest BCUT2D eigenvalue weighted by Gasteiger charge is 2.16. The van der Waals surface area contributed by atoms with Crippen molar-refractivity contribution in [1.82, 2.24) is 4.57 Å². The highest BCUT2D eigenvalue weighted by atomic mass is 16.1. The first-order chi connectivity index (χ1) is 11.1. The molecule has 0 radical (unpaired) electrons. The van der Waals surface area contributed by atoms with Crippen LogP contribution in [0.2, 0.25) is 0 Å². The molecule has 0 saturated heterocycles. The highest BCUT2D eigenvalue weighted by molar-refractivity contribution is 5.93. The molecule has 0 aliphatic heterocycles. The number of amides is 1. The third-order valence-electron chi connectivity index (χ3n) is 3.84. The number of nitrogen functional groups attached to an aromatic ring is 1. The summed E-state index contributed by atoms with van der Waals surface area (Å²) in [5, 5.41) is 10.1. The lowest BCUT2D eigenvalue weighted by Crippen LogP contribution is -2.19. The van der Waals surface area contributed by atoms with E-state index in [2.05, 4.69) is 18.2 Å². The van der Waals surface area contributed by atoms with Crippen molar-refractivity contribution >= 4 is 22.6 Å². The van der Waals surface area contributed by atoms with E-state index in [0.717, 1.165) is 22.9 Å². The monoisotopic (exact) mass is 304 g/mol. The number of nitriles is 1. The molecule has 23 heavy (non-hydrogen) atoms. The Morgan fingerprint density at radius 3 is 2.52 bits per heavy atom. The molecule has 0 aliphatic rings. The number of benzene rings is 2. The average molecular weight is 304 g/mol. The van der Waals surface area contributed by atoms with E-state index in [9.17, 15) is 10.1 Å². The number of primary amides is 1. The zero-order valence-corrected chi connectivity index (χ0v) is 12.5. The Bertz CT molecular complexity index is 920. The number of hydrogen-bond donors (Lipinski definition) is 2. The number of anilines is 1. The molecule has 0 unspecified atom stereocenters. The van der Waals surface area contributed by atoms with Gasteiger partial charge < -0.3 is 16.0 Å². The van der Waals surface area contributed by atoms with Gasteiger partial charge in [0.2, 0.25) is 5.91 Å². The van der Waals surface area contributed by atoms with Gasteiger partial charge in [-0.3, -0.25) is 4.79 Å². The molecule has 1 aromatic heterocycles. The van der Waals surface area contributed by atoms with Crippen LogP contribution in [0.1, 0.15) is 16.7 Å². The first kappa shape index (κ1) is 14.7. The second-order valence-electron chi connectivity index (χ2n) is 5.44. The van der Waals surface area contributed by atoms with Gasteiger partial charge in [0.25, 0.3) is 0 Å². The Hall–Kier alpha value is -3.26. The molecule has 0 bridgehead atoms. The van der Waals surface area contributed by atoms with E-state index < -0.39 is 5.91 Å². The third-order valence-corrected chi connectivity index (χ3v) is 3.84. The van der Waals surface area contributed by atoms with E-state index in [-0.39, 0.29) is 12.4 Å². The zero-order valence-electron chi connectivity index (χ0n) is 12.5. The summed E-state index contributed by atoms with van der Waals surface area (Å²) in [5.74, 6) is -0.218. The van der Waals surface area contributed by atoms with Crippen molar-refractivity contribution in [2.75, 3.05) is 5.73 Å². The molecule has 5 nitrogen and oxygen atoms in total. The predicted octanol–water partition coefficient (Wildman–Crippen LogP) is 2.17. The van der Waals surface area contributed by atoms with Gasteiger partial charge in [-0.2, -0.15) is 5.26 Å². The highest BCUT2D eigenvalue weighted by Crippen LogP contribution is 2.29. The Morgan fingerprint density at radius 2 is 1.87 bits per heavy atom. The maximum absolute atomic E-state index is 11.2. The summed E-state index contributed by atoms with van der Waals surface area (Å²) in [7, 11) is 0. The molecule has 4 N–H and O–H groups in total. The fourth-order valence-corrected chi connectivity index (χ4v) is 2.81. The van der Waals surface area contributed by atoms with Crippen LogP contribution in [0.25, 0.3) is 10.9 Å². The second kappa shape index (κ2) is 5.85. The standard InChI is InChI=1S/C18H16N4O/c19-10-15-14-9-13(8-12-4-2-1-3-5-12)6-7-16(14)22(18(15)21)11-17(20)23/h1-7,9H,8,11,21H2,(H2,20,23). The third kappa shape index (κ3) is 2.74. The lowest BCUT2D eigenvalue weighted by atomic mass is 10.0. The fraction of sp³-hybridized carbons (Fsp3) is 0.111. The molecular weight excluding hydrogens is 288 g/mol. The summed E-state index contributed by atoms with van der Waals surface area (Å²) < 4.78 is 1.59. The van der Waals surface area contributed by atoms with Crippen LogP contribution in [0, 0.1) is 11.3 Å². The molecule has 3 rings (SSSR count).